The molecule has 1 aliphatic heterocycles. The molecule has 4 nitrogen and oxygen atoms in total. The summed E-state index contributed by atoms with van der Waals surface area (Å²) in [5.41, 5.74) is 0. The highest BCUT2D eigenvalue weighted by atomic mass is 16.5. The summed E-state index contributed by atoms with van der Waals surface area (Å²) in [6, 6.07) is 0. The zero-order valence-electron chi connectivity index (χ0n) is 11.7. The van der Waals surface area contributed by atoms with Crippen molar-refractivity contribution in [1.82, 2.24) is 0 Å². The van der Waals surface area contributed by atoms with Crippen molar-refractivity contribution in [3.63, 3.8) is 0 Å². The van der Waals surface area contributed by atoms with Crippen LogP contribution < -0.4 is 0 Å². The second-order valence-corrected chi connectivity index (χ2v) is 5.94. The molecular weight excluding hydrogens is 244 g/mol. The van der Waals surface area contributed by atoms with E-state index in [9.17, 15) is 4.79 Å². The highest BCUT2D eigenvalue weighted by molar-refractivity contribution is 5.66. The molecule has 1 saturated heterocycles. The van der Waals surface area contributed by atoms with Crippen LogP contribution in [0.4, 0.5) is 0 Å². The van der Waals surface area contributed by atoms with Crippen molar-refractivity contribution in [2.24, 2.45) is 11.8 Å². The SMILES string of the molecule is O=C(O)CCCCCCC1COCC1COC1CC1. The van der Waals surface area contributed by atoms with Gasteiger partial charge in [-0.1, -0.05) is 19.3 Å². The van der Waals surface area contributed by atoms with E-state index < -0.39 is 5.97 Å². The fraction of sp³-hybridized carbons (Fsp3) is 0.933. The Hall–Kier alpha value is -0.610. The van der Waals surface area contributed by atoms with Crippen molar-refractivity contribution in [3.8, 4) is 0 Å². The summed E-state index contributed by atoms with van der Waals surface area (Å²) < 4.78 is 11.4. The molecule has 110 valence electrons. The summed E-state index contributed by atoms with van der Waals surface area (Å²) in [7, 11) is 0. The number of hydrogen-bond donors (Lipinski definition) is 1. The zero-order chi connectivity index (χ0) is 13.5. The lowest BCUT2D eigenvalue weighted by atomic mass is 9.91. The number of rotatable bonds is 10. The van der Waals surface area contributed by atoms with E-state index in [-0.39, 0.29) is 0 Å². The topological polar surface area (TPSA) is 55.8 Å². The van der Waals surface area contributed by atoms with Gasteiger partial charge in [0.15, 0.2) is 0 Å². The van der Waals surface area contributed by atoms with Gasteiger partial charge in [-0.25, -0.2) is 0 Å². The molecule has 0 aromatic rings. The van der Waals surface area contributed by atoms with Gasteiger partial charge in [0, 0.05) is 18.9 Å². The monoisotopic (exact) mass is 270 g/mol. The standard InChI is InChI=1S/C15H26O4/c16-15(17)6-4-2-1-3-5-12-9-18-10-13(12)11-19-14-7-8-14/h12-14H,1-11H2,(H,16,17). The lowest BCUT2D eigenvalue weighted by molar-refractivity contribution is -0.137. The molecule has 0 amide bonds. The number of carboxylic acid groups (broad SMARTS) is 1. The fourth-order valence-corrected chi connectivity index (χ4v) is 2.68. The Morgan fingerprint density at radius 1 is 1.11 bits per heavy atom. The molecule has 2 aliphatic rings. The van der Waals surface area contributed by atoms with E-state index >= 15 is 0 Å². The highest BCUT2D eigenvalue weighted by Gasteiger charge is 2.30. The molecule has 1 heterocycles. The molecule has 2 fully saturated rings. The van der Waals surface area contributed by atoms with Crippen molar-refractivity contribution >= 4 is 5.97 Å². The Labute approximate surface area is 115 Å². The van der Waals surface area contributed by atoms with Gasteiger partial charge in [0.2, 0.25) is 0 Å². The van der Waals surface area contributed by atoms with Gasteiger partial charge in [0.05, 0.1) is 19.3 Å². The zero-order valence-corrected chi connectivity index (χ0v) is 11.7. The van der Waals surface area contributed by atoms with Crippen LogP contribution in [-0.4, -0.2) is 37.0 Å². The number of hydrogen-bond acceptors (Lipinski definition) is 3. The molecule has 2 unspecified atom stereocenters. The number of carbonyl (C=O) groups is 1. The van der Waals surface area contributed by atoms with Gasteiger partial charge in [-0.05, 0) is 31.6 Å². The van der Waals surface area contributed by atoms with Gasteiger partial charge < -0.3 is 14.6 Å². The van der Waals surface area contributed by atoms with Crippen LogP contribution in [-0.2, 0) is 14.3 Å². The van der Waals surface area contributed by atoms with Crippen molar-refractivity contribution in [3.05, 3.63) is 0 Å². The average molecular weight is 270 g/mol. The van der Waals surface area contributed by atoms with E-state index in [0.717, 1.165) is 39.1 Å². The minimum atomic E-state index is -0.679. The lowest BCUT2D eigenvalue weighted by Crippen LogP contribution is -2.19. The number of unbranched alkanes of at least 4 members (excludes halogenated alkanes) is 3. The molecule has 4 heteroatoms. The van der Waals surface area contributed by atoms with Gasteiger partial charge in [-0.3, -0.25) is 4.79 Å². The second-order valence-electron chi connectivity index (χ2n) is 5.94. The van der Waals surface area contributed by atoms with E-state index in [1.54, 1.807) is 0 Å². The summed E-state index contributed by atoms with van der Waals surface area (Å²) in [5.74, 6) is 0.555. The van der Waals surface area contributed by atoms with Gasteiger partial charge in [0.25, 0.3) is 0 Å². The Balaban J connectivity index is 1.50. The van der Waals surface area contributed by atoms with Crippen LogP contribution in [0.5, 0.6) is 0 Å². The average Bonchev–Trinajstić information content (AvgIpc) is 3.10. The van der Waals surface area contributed by atoms with Gasteiger partial charge in [-0.15, -0.1) is 0 Å². The molecule has 0 bridgehead atoms. The highest BCUT2D eigenvalue weighted by Crippen LogP contribution is 2.30. The predicted molar refractivity (Wildman–Crippen MR) is 72.1 cm³/mol. The third-order valence-electron chi connectivity index (χ3n) is 4.12. The van der Waals surface area contributed by atoms with Gasteiger partial charge >= 0.3 is 5.97 Å². The van der Waals surface area contributed by atoms with E-state index in [4.69, 9.17) is 14.6 Å². The quantitative estimate of drug-likeness (QED) is 0.620. The van der Waals surface area contributed by atoms with Crippen LogP contribution in [0.2, 0.25) is 0 Å². The van der Waals surface area contributed by atoms with Crippen molar-refractivity contribution < 1.29 is 19.4 Å². The molecular formula is C15H26O4. The van der Waals surface area contributed by atoms with Crippen LogP contribution in [0.15, 0.2) is 0 Å². The molecule has 19 heavy (non-hydrogen) atoms. The second kappa shape index (κ2) is 7.85. The van der Waals surface area contributed by atoms with Crippen molar-refractivity contribution in [2.45, 2.75) is 57.5 Å². The molecule has 0 aromatic carbocycles. The third kappa shape index (κ3) is 5.91. The van der Waals surface area contributed by atoms with E-state index in [1.165, 1.54) is 25.7 Å². The maximum absolute atomic E-state index is 10.4. The van der Waals surface area contributed by atoms with Gasteiger partial charge in [-0.2, -0.15) is 0 Å². The van der Waals surface area contributed by atoms with Crippen LogP contribution in [0.25, 0.3) is 0 Å². The van der Waals surface area contributed by atoms with E-state index in [0.29, 0.717) is 24.4 Å². The molecule has 1 aliphatic carbocycles. The van der Waals surface area contributed by atoms with Crippen LogP contribution in [0.3, 0.4) is 0 Å². The Morgan fingerprint density at radius 3 is 2.58 bits per heavy atom. The first-order valence-electron chi connectivity index (χ1n) is 7.67. The lowest BCUT2D eigenvalue weighted by Gasteiger charge is -2.17. The normalized spacial score (nSPS) is 26.7. The van der Waals surface area contributed by atoms with E-state index in [2.05, 4.69) is 0 Å². The third-order valence-corrected chi connectivity index (χ3v) is 4.12. The predicted octanol–water partition coefficient (Wildman–Crippen LogP) is 2.85. The van der Waals surface area contributed by atoms with Crippen molar-refractivity contribution in [2.75, 3.05) is 19.8 Å². The first-order chi connectivity index (χ1) is 9.25. The molecule has 2 atom stereocenters. The van der Waals surface area contributed by atoms with E-state index in [1.807, 2.05) is 0 Å². The number of aliphatic carboxylic acids is 1. The van der Waals surface area contributed by atoms with Gasteiger partial charge in [0.1, 0.15) is 0 Å². The number of carboxylic acids is 1. The fourth-order valence-electron chi connectivity index (χ4n) is 2.68. The van der Waals surface area contributed by atoms with Crippen LogP contribution >= 0.6 is 0 Å². The number of ether oxygens (including phenoxy) is 2. The molecule has 1 saturated carbocycles. The minimum absolute atomic E-state index is 0.310. The first-order valence-corrected chi connectivity index (χ1v) is 7.67. The minimum Gasteiger partial charge on any atom is -0.481 e. The summed E-state index contributed by atoms with van der Waals surface area (Å²) in [5, 5.41) is 8.56. The maximum atomic E-state index is 10.4. The molecule has 0 aromatic heterocycles. The molecule has 1 N–H and O–H groups in total. The molecule has 2 rings (SSSR count). The molecule has 0 spiro atoms. The Bertz CT molecular complexity index is 275. The summed E-state index contributed by atoms with van der Waals surface area (Å²) >= 11 is 0. The summed E-state index contributed by atoms with van der Waals surface area (Å²) in [6.45, 7) is 2.61. The summed E-state index contributed by atoms with van der Waals surface area (Å²) in [4.78, 5) is 10.4. The van der Waals surface area contributed by atoms with Crippen molar-refractivity contribution in [1.29, 1.82) is 0 Å². The Morgan fingerprint density at radius 2 is 1.84 bits per heavy atom. The van der Waals surface area contributed by atoms with Crippen LogP contribution in [0.1, 0.15) is 51.4 Å². The first kappa shape index (κ1) is 14.8. The van der Waals surface area contributed by atoms with Crippen LogP contribution in [0, 0.1) is 11.8 Å². The summed E-state index contributed by atoms with van der Waals surface area (Å²) in [6.07, 6.45) is 8.69. The maximum Gasteiger partial charge on any atom is 0.303 e. The smallest absolute Gasteiger partial charge is 0.303 e. The largest absolute Gasteiger partial charge is 0.481 e. The molecule has 0 radical (unpaired) electrons. The Kier molecular flexibility index (Phi) is 6.11.